The predicted molar refractivity (Wildman–Crippen MR) is 80.9 cm³/mol. The van der Waals surface area contributed by atoms with Gasteiger partial charge in [0, 0.05) is 25.4 Å². The lowest BCUT2D eigenvalue weighted by Gasteiger charge is -2.31. The molecule has 1 fully saturated rings. The maximum atomic E-state index is 9.43. The van der Waals surface area contributed by atoms with Crippen molar-refractivity contribution in [2.24, 2.45) is 5.92 Å². The first-order valence-electron chi connectivity index (χ1n) is 7.55. The Hall–Kier alpha value is -1.13. The highest BCUT2D eigenvalue weighted by molar-refractivity contribution is 5.44. The molecular weight excluding hydrogens is 252 g/mol. The number of methoxy groups -OCH3 is 1. The van der Waals surface area contributed by atoms with E-state index in [0.29, 0.717) is 12.6 Å². The summed E-state index contributed by atoms with van der Waals surface area (Å²) in [5.74, 6) is 1.75. The van der Waals surface area contributed by atoms with Gasteiger partial charge in [0.15, 0.2) is 0 Å². The van der Waals surface area contributed by atoms with Gasteiger partial charge in [-0.1, -0.05) is 6.92 Å². The van der Waals surface area contributed by atoms with Gasteiger partial charge in [0.25, 0.3) is 0 Å². The van der Waals surface area contributed by atoms with E-state index in [2.05, 4.69) is 18.7 Å². The lowest BCUT2D eigenvalue weighted by Crippen LogP contribution is -2.38. The molecule has 1 atom stereocenters. The van der Waals surface area contributed by atoms with Gasteiger partial charge in [-0.3, -0.25) is 0 Å². The van der Waals surface area contributed by atoms with Crippen molar-refractivity contribution in [2.45, 2.75) is 45.8 Å². The van der Waals surface area contributed by atoms with Crippen LogP contribution in [0.5, 0.6) is 0 Å². The Balaban J connectivity index is 2.25. The van der Waals surface area contributed by atoms with E-state index in [4.69, 9.17) is 9.72 Å². The van der Waals surface area contributed by atoms with Crippen LogP contribution in [0.15, 0.2) is 12.1 Å². The van der Waals surface area contributed by atoms with Crippen LogP contribution in [0, 0.1) is 5.92 Å². The topological polar surface area (TPSA) is 45.6 Å². The molecule has 1 unspecified atom stereocenters. The number of aliphatic hydroxyl groups is 1. The first kappa shape index (κ1) is 15.3. The average molecular weight is 278 g/mol. The van der Waals surface area contributed by atoms with Crippen LogP contribution in [0.3, 0.4) is 0 Å². The monoisotopic (exact) mass is 278 g/mol. The molecule has 1 aliphatic carbocycles. The van der Waals surface area contributed by atoms with Crippen molar-refractivity contribution in [3.63, 3.8) is 0 Å². The van der Waals surface area contributed by atoms with E-state index >= 15 is 0 Å². The number of ether oxygens (including phenoxy) is 1. The third-order valence-electron chi connectivity index (χ3n) is 4.10. The van der Waals surface area contributed by atoms with Crippen LogP contribution in [0.1, 0.15) is 37.9 Å². The van der Waals surface area contributed by atoms with Gasteiger partial charge in [-0.25, -0.2) is 4.98 Å². The summed E-state index contributed by atoms with van der Waals surface area (Å²) in [6.45, 7) is 5.98. The van der Waals surface area contributed by atoms with Crippen molar-refractivity contribution < 1.29 is 9.84 Å². The molecule has 0 saturated heterocycles. The Morgan fingerprint density at radius 2 is 2.20 bits per heavy atom. The van der Waals surface area contributed by atoms with Gasteiger partial charge in [0.05, 0.1) is 13.2 Å². The van der Waals surface area contributed by atoms with Crippen LogP contribution >= 0.6 is 0 Å². The second-order valence-corrected chi connectivity index (χ2v) is 5.60. The lowest BCUT2D eigenvalue weighted by molar-refractivity contribution is 0.202. The number of hydrogen-bond donors (Lipinski definition) is 1. The molecule has 1 saturated carbocycles. The fourth-order valence-electron chi connectivity index (χ4n) is 2.60. The number of aryl methyl sites for hydroxylation is 1. The molecule has 0 amide bonds. The quantitative estimate of drug-likeness (QED) is 0.793. The minimum Gasteiger partial charge on any atom is -0.392 e. The van der Waals surface area contributed by atoms with Crippen molar-refractivity contribution >= 4 is 5.82 Å². The molecule has 20 heavy (non-hydrogen) atoms. The van der Waals surface area contributed by atoms with E-state index in [9.17, 15) is 5.11 Å². The Kier molecular flexibility index (Phi) is 5.38. The summed E-state index contributed by atoms with van der Waals surface area (Å²) in [6.07, 6.45) is 3.51. The first-order chi connectivity index (χ1) is 9.69. The Labute approximate surface area is 121 Å². The molecule has 1 heterocycles. The SMILES string of the molecule is CCc1cc(CO)cc(N(CCOC)C(C)C2CC2)n1. The molecule has 0 spiro atoms. The first-order valence-corrected chi connectivity index (χ1v) is 7.55. The number of hydrogen-bond acceptors (Lipinski definition) is 4. The van der Waals surface area contributed by atoms with Gasteiger partial charge < -0.3 is 14.7 Å². The number of anilines is 1. The molecule has 1 aromatic heterocycles. The van der Waals surface area contributed by atoms with E-state index in [1.54, 1.807) is 7.11 Å². The van der Waals surface area contributed by atoms with Gasteiger partial charge >= 0.3 is 0 Å². The molecule has 1 N–H and O–H groups in total. The van der Waals surface area contributed by atoms with Crippen molar-refractivity contribution in [2.75, 3.05) is 25.2 Å². The van der Waals surface area contributed by atoms with Crippen molar-refractivity contribution in [3.05, 3.63) is 23.4 Å². The van der Waals surface area contributed by atoms with E-state index in [1.165, 1.54) is 12.8 Å². The standard InChI is InChI=1S/C16H26N2O2/c1-4-15-9-13(11-19)10-16(17-15)18(7-8-20-3)12(2)14-5-6-14/h9-10,12,14,19H,4-8,11H2,1-3H3. The molecule has 112 valence electrons. The molecule has 0 aliphatic heterocycles. The highest BCUT2D eigenvalue weighted by Crippen LogP contribution is 2.36. The second-order valence-electron chi connectivity index (χ2n) is 5.60. The highest BCUT2D eigenvalue weighted by atomic mass is 16.5. The van der Waals surface area contributed by atoms with E-state index in [-0.39, 0.29) is 6.61 Å². The molecule has 0 radical (unpaired) electrons. The zero-order valence-corrected chi connectivity index (χ0v) is 12.8. The fourth-order valence-corrected chi connectivity index (χ4v) is 2.60. The van der Waals surface area contributed by atoms with Gasteiger partial charge in [-0.15, -0.1) is 0 Å². The summed E-state index contributed by atoms with van der Waals surface area (Å²) in [6, 6.07) is 4.48. The number of aromatic nitrogens is 1. The Morgan fingerprint density at radius 1 is 1.45 bits per heavy atom. The average Bonchev–Trinajstić information content (AvgIpc) is 3.31. The number of aliphatic hydroxyl groups excluding tert-OH is 1. The Morgan fingerprint density at radius 3 is 2.75 bits per heavy atom. The van der Waals surface area contributed by atoms with Crippen LogP contribution in [-0.4, -0.2) is 36.4 Å². The fraction of sp³-hybridized carbons (Fsp3) is 0.688. The molecule has 1 aromatic rings. The third kappa shape index (κ3) is 3.70. The molecule has 1 aliphatic rings. The summed E-state index contributed by atoms with van der Waals surface area (Å²) >= 11 is 0. The Bertz CT molecular complexity index is 410. The smallest absolute Gasteiger partial charge is 0.129 e. The van der Waals surface area contributed by atoms with Gasteiger partial charge in [-0.05, 0) is 49.8 Å². The number of rotatable bonds is 8. The maximum Gasteiger partial charge on any atom is 0.129 e. The number of nitrogens with zero attached hydrogens (tertiary/aromatic N) is 2. The summed E-state index contributed by atoms with van der Waals surface area (Å²) in [7, 11) is 1.73. The van der Waals surface area contributed by atoms with Gasteiger partial charge in [0.2, 0.25) is 0 Å². The largest absolute Gasteiger partial charge is 0.392 e. The van der Waals surface area contributed by atoms with Crippen LogP contribution < -0.4 is 4.90 Å². The predicted octanol–water partition coefficient (Wildman–Crippen LogP) is 2.39. The van der Waals surface area contributed by atoms with Crippen LogP contribution in [0.2, 0.25) is 0 Å². The zero-order chi connectivity index (χ0) is 14.5. The van der Waals surface area contributed by atoms with Crippen molar-refractivity contribution in [1.29, 1.82) is 0 Å². The second kappa shape index (κ2) is 7.04. The third-order valence-corrected chi connectivity index (χ3v) is 4.10. The molecular formula is C16H26N2O2. The summed E-state index contributed by atoms with van der Waals surface area (Å²) in [5.41, 5.74) is 1.98. The zero-order valence-electron chi connectivity index (χ0n) is 12.8. The van der Waals surface area contributed by atoms with Crippen molar-refractivity contribution in [3.8, 4) is 0 Å². The molecule has 4 nitrogen and oxygen atoms in total. The lowest BCUT2D eigenvalue weighted by atomic mass is 10.1. The van der Waals surface area contributed by atoms with Gasteiger partial charge in [-0.2, -0.15) is 0 Å². The summed E-state index contributed by atoms with van der Waals surface area (Å²) in [4.78, 5) is 7.08. The minimum absolute atomic E-state index is 0.0679. The van der Waals surface area contributed by atoms with Crippen LogP contribution in [0.25, 0.3) is 0 Å². The summed E-state index contributed by atoms with van der Waals surface area (Å²) < 4.78 is 5.24. The van der Waals surface area contributed by atoms with Gasteiger partial charge in [0.1, 0.15) is 5.82 Å². The highest BCUT2D eigenvalue weighted by Gasteiger charge is 2.32. The van der Waals surface area contributed by atoms with Crippen LogP contribution in [0.4, 0.5) is 5.82 Å². The summed E-state index contributed by atoms with van der Waals surface area (Å²) in [5, 5.41) is 9.43. The molecule has 2 rings (SSSR count). The molecule has 4 heteroatoms. The van der Waals surface area contributed by atoms with Crippen LogP contribution in [-0.2, 0) is 17.8 Å². The van der Waals surface area contributed by atoms with E-state index < -0.39 is 0 Å². The van der Waals surface area contributed by atoms with E-state index in [0.717, 1.165) is 36.0 Å². The normalized spacial score (nSPS) is 16.2. The number of pyridine rings is 1. The minimum atomic E-state index is 0.0679. The molecule has 0 bridgehead atoms. The van der Waals surface area contributed by atoms with E-state index in [1.807, 2.05) is 12.1 Å². The van der Waals surface area contributed by atoms with Crippen molar-refractivity contribution in [1.82, 2.24) is 4.98 Å². The molecule has 0 aromatic carbocycles. The maximum absolute atomic E-state index is 9.43.